The van der Waals surface area contributed by atoms with E-state index >= 15 is 0 Å². The lowest BCUT2D eigenvalue weighted by Crippen LogP contribution is -2.25. The number of carboxylic acids is 1. The molecule has 10 heteroatoms. The Morgan fingerprint density at radius 3 is 2.64 bits per heavy atom. The zero-order valence-electron chi connectivity index (χ0n) is 12.2. The maximum atomic E-state index is 12.7. The van der Waals surface area contributed by atoms with Crippen LogP contribution < -0.4 is 10.4 Å². The van der Waals surface area contributed by atoms with Crippen molar-refractivity contribution in [3.8, 4) is 0 Å². The van der Waals surface area contributed by atoms with Crippen molar-refractivity contribution in [1.29, 1.82) is 0 Å². The average Bonchev–Trinajstić information content (AvgIpc) is 3.00. The number of H-pyrrole nitrogens is 1. The van der Waals surface area contributed by atoms with Crippen molar-refractivity contribution in [2.75, 3.05) is 5.32 Å². The van der Waals surface area contributed by atoms with E-state index in [0.29, 0.717) is 10.9 Å². The number of hydrogen-bond acceptors (Lipinski definition) is 5. The van der Waals surface area contributed by atoms with E-state index in [-0.39, 0.29) is 11.3 Å². The van der Waals surface area contributed by atoms with E-state index in [1.807, 2.05) is 0 Å². The minimum absolute atomic E-state index is 0.141. The fourth-order valence-corrected chi connectivity index (χ4v) is 2.17. The summed E-state index contributed by atoms with van der Waals surface area (Å²) >= 11 is 0. The van der Waals surface area contributed by atoms with Crippen LogP contribution in [-0.4, -0.2) is 27.1 Å². The Balaban J connectivity index is 1.97. The number of hydrogen-bond donors (Lipinski definition) is 2. The molecule has 0 fully saturated rings. The summed E-state index contributed by atoms with van der Waals surface area (Å²) in [5, 5.41) is 20.3. The average molecular weight is 349 g/mol. The summed E-state index contributed by atoms with van der Waals surface area (Å²) in [6.45, 7) is 0. The third kappa shape index (κ3) is 3.27. The number of pyridine rings is 1. The number of amides is 1. The van der Waals surface area contributed by atoms with Crippen molar-refractivity contribution in [2.45, 2.75) is 6.18 Å². The van der Waals surface area contributed by atoms with Gasteiger partial charge in [-0.25, -0.2) is 4.98 Å². The van der Waals surface area contributed by atoms with Gasteiger partial charge in [0.05, 0.1) is 23.4 Å². The highest BCUT2D eigenvalue weighted by Gasteiger charge is 2.33. The second-order valence-corrected chi connectivity index (χ2v) is 5.00. The number of rotatable bonds is 3. The summed E-state index contributed by atoms with van der Waals surface area (Å²) < 4.78 is 38.0. The molecule has 0 unspecified atom stereocenters. The maximum Gasteiger partial charge on any atom is 0.433 e. The van der Waals surface area contributed by atoms with E-state index in [9.17, 15) is 27.9 Å². The van der Waals surface area contributed by atoms with Crippen LogP contribution in [0.15, 0.2) is 36.5 Å². The molecule has 1 aromatic carbocycles. The Morgan fingerprint density at radius 2 is 1.96 bits per heavy atom. The topological polar surface area (TPSA) is 111 Å². The van der Waals surface area contributed by atoms with Crippen LogP contribution in [0, 0.1) is 0 Å². The molecule has 2 aromatic heterocycles. The van der Waals surface area contributed by atoms with E-state index in [0.717, 1.165) is 18.2 Å². The van der Waals surface area contributed by atoms with Gasteiger partial charge in [0.25, 0.3) is 5.91 Å². The number of aromatic carboxylic acids is 1. The minimum Gasteiger partial charge on any atom is -0.545 e. The molecule has 0 saturated heterocycles. The van der Waals surface area contributed by atoms with Gasteiger partial charge in [0.15, 0.2) is 0 Å². The Morgan fingerprint density at radius 1 is 1.20 bits per heavy atom. The van der Waals surface area contributed by atoms with Gasteiger partial charge in [0, 0.05) is 10.9 Å². The van der Waals surface area contributed by atoms with E-state index in [1.165, 1.54) is 18.3 Å². The molecule has 25 heavy (non-hydrogen) atoms. The van der Waals surface area contributed by atoms with Crippen molar-refractivity contribution in [3.05, 3.63) is 53.5 Å². The lowest BCUT2D eigenvalue weighted by molar-refractivity contribution is -0.254. The Hall–Kier alpha value is -3.43. The zero-order chi connectivity index (χ0) is 18.2. The van der Waals surface area contributed by atoms with E-state index in [1.54, 1.807) is 0 Å². The molecule has 0 aliphatic carbocycles. The van der Waals surface area contributed by atoms with Crippen LogP contribution in [0.2, 0.25) is 0 Å². The van der Waals surface area contributed by atoms with Crippen LogP contribution >= 0.6 is 0 Å². The highest BCUT2D eigenvalue weighted by atomic mass is 19.4. The van der Waals surface area contributed by atoms with Crippen LogP contribution in [-0.2, 0) is 6.18 Å². The van der Waals surface area contributed by atoms with E-state index in [2.05, 4.69) is 20.5 Å². The summed E-state index contributed by atoms with van der Waals surface area (Å²) in [6.07, 6.45) is -3.31. The molecule has 0 radical (unpaired) electrons. The number of carbonyl (C=O) groups is 2. The summed E-state index contributed by atoms with van der Waals surface area (Å²) in [4.78, 5) is 26.6. The first-order valence-electron chi connectivity index (χ1n) is 6.80. The van der Waals surface area contributed by atoms with Crippen molar-refractivity contribution in [1.82, 2.24) is 15.2 Å². The summed E-state index contributed by atoms with van der Waals surface area (Å²) in [7, 11) is 0. The number of anilines is 1. The van der Waals surface area contributed by atoms with Gasteiger partial charge in [0.2, 0.25) is 0 Å². The quantitative estimate of drug-likeness (QED) is 0.746. The molecule has 3 aromatic rings. The molecule has 0 saturated carbocycles. The Kier molecular flexibility index (Phi) is 3.87. The molecule has 3 rings (SSSR count). The minimum atomic E-state index is -4.71. The van der Waals surface area contributed by atoms with Gasteiger partial charge < -0.3 is 15.2 Å². The molecule has 128 valence electrons. The summed E-state index contributed by atoms with van der Waals surface area (Å²) in [6, 6.07) is 5.35. The number of benzene rings is 1. The first kappa shape index (κ1) is 16.4. The lowest BCUT2D eigenvalue weighted by atomic mass is 10.1. The number of alkyl halides is 3. The van der Waals surface area contributed by atoms with Crippen molar-refractivity contribution >= 4 is 28.5 Å². The number of nitrogens with one attached hydrogen (secondary N) is 2. The van der Waals surface area contributed by atoms with Gasteiger partial charge in [-0.05, 0) is 24.3 Å². The van der Waals surface area contributed by atoms with Crippen LogP contribution in [0.1, 0.15) is 26.5 Å². The summed E-state index contributed by atoms with van der Waals surface area (Å²) in [5.74, 6) is -2.56. The van der Waals surface area contributed by atoms with Crippen LogP contribution in [0.4, 0.5) is 18.9 Å². The second-order valence-electron chi connectivity index (χ2n) is 5.00. The SMILES string of the molecule is O=C(Nc1cc2cn[nH]c2cc1C(=O)[O-])c1cccc(C(F)(F)F)n1. The number of carboxylic acid groups (broad SMARTS) is 1. The first-order valence-corrected chi connectivity index (χ1v) is 6.80. The normalized spacial score (nSPS) is 11.5. The second kappa shape index (κ2) is 5.89. The van der Waals surface area contributed by atoms with Gasteiger partial charge in [-0.1, -0.05) is 6.07 Å². The van der Waals surface area contributed by atoms with Crippen LogP contribution in [0.25, 0.3) is 10.9 Å². The standard InChI is InChI=1S/C15H9F3N4O3/c16-15(17,18)12-3-1-2-9(20-12)13(23)21-11-4-7-6-19-22-10(7)5-8(11)14(24)25/h1-6H,(H,19,22)(H,21,23)(H,24,25)/p-1. The first-order chi connectivity index (χ1) is 11.8. The molecule has 0 spiro atoms. The number of aromatic nitrogens is 3. The van der Waals surface area contributed by atoms with Crippen molar-refractivity contribution < 1.29 is 27.9 Å². The fraction of sp³-hybridized carbons (Fsp3) is 0.0667. The fourth-order valence-electron chi connectivity index (χ4n) is 2.17. The largest absolute Gasteiger partial charge is 0.545 e. The Bertz CT molecular complexity index is 982. The van der Waals surface area contributed by atoms with Gasteiger partial charge in [0.1, 0.15) is 11.4 Å². The molecule has 2 heterocycles. The monoisotopic (exact) mass is 349 g/mol. The smallest absolute Gasteiger partial charge is 0.433 e. The maximum absolute atomic E-state index is 12.7. The number of fused-ring (bicyclic) bond motifs is 1. The molecule has 0 aliphatic heterocycles. The number of carbonyl (C=O) groups excluding carboxylic acids is 2. The predicted octanol–water partition coefficient (Wildman–Crippen LogP) is 1.59. The third-order valence-corrected chi connectivity index (χ3v) is 3.32. The van der Waals surface area contributed by atoms with E-state index in [4.69, 9.17) is 0 Å². The van der Waals surface area contributed by atoms with Gasteiger partial charge in [-0.3, -0.25) is 9.89 Å². The predicted molar refractivity (Wildman–Crippen MR) is 77.6 cm³/mol. The van der Waals surface area contributed by atoms with E-state index < -0.39 is 29.4 Å². The number of aromatic amines is 1. The molecule has 0 atom stereocenters. The number of halogens is 3. The van der Waals surface area contributed by atoms with Gasteiger partial charge >= 0.3 is 6.18 Å². The third-order valence-electron chi connectivity index (χ3n) is 3.32. The number of nitrogens with zero attached hydrogens (tertiary/aromatic N) is 2. The summed E-state index contributed by atoms with van der Waals surface area (Å²) in [5.41, 5.74) is -1.83. The highest BCUT2D eigenvalue weighted by molar-refractivity contribution is 6.08. The zero-order valence-corrected chi connectivity index (χ0v) is 12.2. The molecule has 0 aliphatic rings. The highest BCUT2D eigenvalue weighted by Crippen LogP contribution is 2.28. The molecule has 7 nitrogen and oxygen atoms in total. The molecule has 0 bridgehead atoms. The van der Waals surface area contributed by atoms with Gasteiger partial charge in [-0.2, -0.15) is 18.3 Å². The molecule has 2 N–H and O–H groups in total. The van der Waals surface area contributed by atoms with Gasteiger partial charge in [-0.15, -0.1) is 0 Å². The molecular formula is C15H8F3N4O3-. The van der Waals surface area contributed by atoms with Crippen molar-refractivity contribution in [2.24, 2.45) is 0 Å². The van der Waals surface area contributed by atoms with Crippen LogP contribution in [0.5, 0.6) is 0 Å². The van der Waals surface area contributed by atoms with Crippen LogP contribution in [0.3, 0.4) is 0 Å². The molecule has 1 amide bonds. The lowest BCUT2D eigenvalue weighted by Gasteiger charge is -2.13. The molecular weight excluding hydrogens is 341 g/mol. The van der Waals surface area contributed by atoms with Crippen molar-refractivity contribution in [3.63, 3.8) is 0 Å². The Labute approximate surface area is 137 Å².